The molecule has 2 saturated carbocycles. The topological polar surface area (TPSA) is 402 Å². The number of alkyl halides is 3. The first-order valence-corrected chi connectivity index (χ1v) is 35.7. The van der Waals surface area contributed by atoms with Crippen molar-refractivity contribution >= 4 is 48.7 Å². The second kappa shape index (κ2) is 28.8. The van der Waals surface area contributed by atoms with Gasteiger partial charge in [0.2, 0.25) is 14.7 Å². The van der Waals surface area contributed by atoms with Crippen molar-refractivity contribution in [2.75, 3.05) is 65.5 Å². The molecule has 470 valence electrons. The highest BCUT2D eigenvalue weighted by Crippen LogP contribution is 2.49. The summed E-state index contributed by atoms with van der Waals surface area (Å²) >= 11 is 0. The Hall–Kier alpha value is -4.19. The highest BCUT2D eigenvalue weighted by Gasteiger charge is 2.49. The summed E-state index contributed by atoms with van der Waals surface area (Å²) < 4.78 is 116. The molecule has 84 heavy (non-hydrogen) atoms. The van der Waals surface area contributed by atoms with Gasteiger partial charge < -0.3 is 74.0 Å². The molecule has 0 bridgehead atoms. The van der Waals surface area contributed by atoms with E-state index in [2.05, 4.69) is 39.4 Å². The molecule has 0 spiro atoms. The van der Waals surface area contributed by atoms with E-state index >= 15 is 0 Å². The van der Waals surface area contributed by atoms with E-state index in [0.717, 1.165) is 42.2 Å². The molecule has 2 unspecified atom stereocenters. The number of nitrogens with one attached hydrogen (secondary N) is 4. The minimum absolute atomic E-state index is 0.0800. The molecule has 5 aliphatic carbocycles. The fraction of sp³-hybridized carbons (Fsp3) is 0.647. The van der Waals surface area contributed by atoms with Crippen LogP contribution in [0.1, 0.15) is 80.2 Å². The summed E-state index contributed by atoms with van der Waals surface area (Å²) in [7, 11) is -14.4. The van der Waals surface area contributed by atoms with E-state index in [9.17, 15) is 80.3 Å². The van der Waals surface area contributed by atoms with Crippen molar-refractivity contribution in [2.24, 2.45) is 17.8 Å². The number of aromatic amines is 3. The zero-order valence-electron chi connectivity index (χ0n) is 47.3. The second-order valence-corrected chi connectivity index (χ2v) is 31.7. The van der Waals surface area contributed by atoms with Crippen LogP contribution in [0.3, 0.4) is 0 Å². The minimum Gasteiger partial charge on any atom is -0.396 e. The molecule has 0 amide bonds. The van der Waals surface area contributed by atoms with E-state index in [4.69, 9.17) is 18.5 Å². The van der Waals surface area contributed by atoms with E-state index in [0.29, 0.717) is 73.4 Å². The first-order valence-electron chi connectivity index (χ1n) is 27.0. The maximum Gasteiger partial charge on any atom is 0.523 e. The minimum atomic E-state index is -5.60. The van der Waals surface area contributed by atoms with E-state index in [1.807, 2.05) is 25.2 Å². The number of fused-ring (bicyclic) bond motifs is 3. The van der Waals surface area contributed by atoms with Gasteiger partial charge in [0.15, 0.2) is 0 Å². The van der Waals surface area contributed by atoms with Crippen molar-refractivity contribution in [1.29, 1.82) is 0 Å². The van der Waals surface area contributed by atoms with Crippen LogP contribution in [-0.2, 0) is 65.8 Å². The van der Waals surface area contributed by atoms with Gasteiger partial charge in [0.1, 0.15) is 32.3 Å². The molecule has 9 rings (SSSR count). The molecule has 0 radical (unpaired) electrons. The Morgan fingerprint density at radius 3 is 1.56 bits per heavy atom. The van der Waals surface area contributed by atoms with Crippen LogP contribution < -0.4 is 22.0 Å². The van der Waals surface area contributed by atoms with Gasteiger partial charge in [-0.15, -0.1) is 0 Å². The van der Waals surface area contributed by atoms with Gasteiger partial charge in [-0.2, -0.15) is 21.6 Å². The molecule has 4 heterocycles. The standard InChI is InChI=1S/C17H25N2O6P.C16H23N2O6P.C14H19N3O3.C4H8F3O4PS/c1-3-25-26(2,23)9-24-16-10(7-20)6-13(15(16)21)11-4-5-12-14(11)18-8-19-17(12)22;1-3-24-25(2,22)8-23-15-11(6-12(19)14(15)20)9-4-5-10-13(9)17-7-18-16(10)21;1-2-9-12(18)13(19)10(17-9)5-7-3-4-8-11(7)15-6-16-14(8)20;1-12(2,8)3-11-13(9,10)4(5,6)7/h4,8,10,13,15-16,20-21H,3,5-7,9H2,1-2H3,(H,18,19,22);4,7,11-12,14-15,19-20H,3,5-6,8H2,1-2H3,(H,17,18,21);3,6,9-10,12-13,17-19H,2,4-5H2,1H3,(H,15,16,20);3H2,1-2H3/t10-,13+,15+,16-,26?;11-,12-,14+,15-,25?;9-,10+,12-,13+;/m101./s1. The number of aliphatic hydroxyl groups excluding tert-OH is 6. The average molecular weight is 1270 g/mol. The predicted molar refractivity (Wildman–Crippen MR) is 302 cm³/mol. The highest BCUT2D eigenvalue weighted by molar-refractivity contribution is 7.87. The summed E-state index contributed by atoms with van der Waals surface area (Å²) in [4.78, 5) is 55.9. The molecule has 3 aromatic rings. The summed E-state index contributed by atoms with van der Waals surface area (Å²) in [6.45, 7) is 11.2. The quantitative estimate of drug-likeness (QED) is 0.0468. The Balaban J connectivity index is 0.000000185. The van der Waals surface area contributed by atoms with E-state index in [1.54, 1.807) is 13.8 Å². The molecule has 3 aromatic heterocycles. The Labute approximate surface area is 482 Å². The smallest absolute Gasteiger partial charge is 0.396 e. The summed E-state index contributed by atoms with van der Waals surface area (Å²) in [5.41, 5.74) is 0.375. The molecule has 0 aromatic carbocycles. The zero-order chi connectivity index (χ0) is 62.3. The van der Waals surface area contributed by atoms with Crippen LogP contribution in [-0.4, -0.2) is 195 Å². The molecular weight excluding hydrogens is 1200 g/mol. The first kappa shape index (κ1) is 68.9. The SMILES string of the molecule is CCOP(C)(=O)CO[C@@H]1[C@@H](CO)C[C@@H](C2=CCc3c2nc[nH]c3=O)[C@@H]1O.CCOP(C)(=O)CO[C@@H]1[C@H](O)[C@@H](O)C[C@H]1C1=CCc2c1nc[nH]c2=O.CC[C@H]1N[C@@H](CC2=CCc3c2nc[nH]c3=O)[C@H](O)[C@@H]1O.CP(C)(=O)COS(=O)(=O)C(F)(F)F. The van der Waals surface area contributed by atoms with Gasteiger partial charge >= 0.3 is 15.6 Å². The number of halogens is 3. The maximum absolute atomic E-state index is 12.3. The molecule has 26 nitrogen and oxygen atoms in total. The Morgan fingerprint density at radius 1 is 0.631 bits per heavy atom. The fourth-order valence-electron chi connectivity index (χ4n) is 10.8. The number of hydrogen-bond donors (Lipinski definition) is 10. The van der Waals surface area contributed by atoms with Gasteiger partial charge in [0.25, 0.3) is 16.7 Å². The molecular formula is C51H75F3N7O19P3S. The number of aromatic nitrogens is 6. The molecule has 33 heteroatoms. The lowest BCUT2D eigenvalue weighted by Gasteiger charge is -2.25. The third-order valence-electron chi connectivity index (χ3n) is 14.8. The normalized spacial score (nSPS) is 28.4. The van der Waals surface area contributed by atoms with E-state index in [1.165, 1.54) is 32.3 Å². The van der Waals surface area contributed by atoms with Crippen LogP contribution in [0.5, 0.6) is 0 Å². The predicted octanol–water partition coefficient (Wildman–Crippen LogP) is 2.73. The van der Waals surface area contributed by atoms with Gasteiger partial charge in [0.05, 0.1) is 85.9 Å². The molecule has 6 aliphatic rings. The van der Waals surface area contributed by atoms with Gasteiger partial charge in [-0.1, -0.05) is 25.2 Å². The third kappa shape index (κ3) is 16.9. The Bertz CT molecular complexity index is 3340. The average Bonchev–Trinajstić information content (AvgIpc) is 2.27. The fourth-order valence-corrected chi connectivity index (χ4v) is 14.6. The number of ether oxygens (including phenoxy) is 2. The lowest BCUT2D eigenvalue weighted by atomic mass is 9.93. The lowest BCUT2D eigenvalue weighted by Crippen LogP contribution is -2.34. The van der Waals surface area contributed by atoms with Crippen molar-refractivity contribution in [1.82, 2.24) is 35.2 Å². The van der Waals surface area contributed by atoms with Crippen LogP contribution in [0.4, 0.5) is 13.2 Å². The lowest BCUT2D eigenvalue weighted by molar-refractivity contribution is -0.0531. The number of rotatable bonds is 19. The number of aliphatic hydroxyl groups is 6. The number of nitrogens with zero attached hydrogens (tertiary/aromatic N) is 3. The van der Waals surface area contributed by atoms with Crippen LogP contribution in [0.25, 0.3) is 16.7 Å². The maximum atomic E-state index is 12.3. The van der Waals surface area contributed by atoms with Gasteiger partial charge in [-0.25, -0.2) is 15.0 Å². The van der Waals surface area contributed by atoms with Crippen molar-refractivity contribution in [3.63, 3.8) is 0 Å². The molecule has 1 aliphatic heterocycles. The third-order valence-corrected chi connectivity index (χ3v) is 19.6. The second-order valence-electron chi connectivity index (χ2n) is 21.6. The van der Waals surface area contributed by atoms with Gasteiger partial charge in [-0.3, -0.25) is 27.7 Å². The Kier molecular flexibility index (Phi) is 23.6. The first-order chi connectivity index (χ1) is 39.3. The van der Waals surface area contributed by atoms with Crippen molar-refractivity contribution in [3.8, 4) is 0 Å². The van der Waals surface area contributed by atoms with Crippen LogP contribution >= 0.6 is 21.9 Å². The Morgan fingerprint density at radius 2 is 1.10 bits per heavy atom. The van der Waals surface area contributed by atoms with Crippen molar-refractivity contribution in [3.05, 3.63) is 102 Å². The summed E-state index contributed by atoms with van der Waals surface area (Å²) in [6.07, 6.45) is 6.47. The molecule has 1 saturated heterocycles. The van der Waals surface area contributed by atoms with Gasteiger partial charge in [0, 0.05) is 66.5 Å². The highest BCUT2D eigenvalue weighted by atomic mass is 32.2. The molecule has 3 fully saturated rings. The number of H-pyrrole nitrogens is 3. The molecule has 10 N–H and O–H groups in total. The molecule has 14 atom stereocenters. The number of hydrogen-bond acceptors (Lipinski definition) is 23. The monoisotopic (exact) mass is 1270 g/mol. The van der Waals surface area contributed by atoms with Gasteiger partial charge in [-0.05, 0) is 88.8 Å². The van der Waals surface area contributed by atoms with E-state index < -0.39 is 86.6 Å². The van der Waals surface area contributed by atoms with Crippen LogP contribution in [0, 0.1) is 17.8 Å². The number of allylic oxidation sites excluding steroid dienone is 3. The van der Waals surface area contributed by atoms with Crippen LogP contribution in [0.15, 0.2) is 51.6 Å². The summed E-state index contributed by atoms with van der Waals surface area (Å²) in [5.74, 6) is -0.915. The summed E-state index contributed by atoms with van der Waals surface area (Å²) in [6, 6.07) is -0.281. The van der Waals surface area contributed by atoms with Crippen molar-refractivity contribution in [2.45, 2.75) is 126 Å². The van der Waals surface area contributed by atoms with Crippen molar-refractivity contribution < 1.29 is 88.6 Å². The van der Waals surface area contributed by atoms with E-state index in [-0.39, 0.29) is 72.2 Å². The van der Waals surface area contributed by atoms with Crippen LogP contribution in [0.2, 0.25) is 0 Å². The largest absolute Gasteiger partial charge is 0.523 e. The zero-order valence-corrected chi connectivity index (χ0v) is 50.8. The summed E-state index contributed by atoms with van der Waals surface area (Å²) in [5, 5.41) is 64.2.